The lowest BCUT2D eigenvalue weighted by molar-refractivity contribution is 0.0593. The standard InChI is InChI=1S/C13H20N4O2/c1-9(14)10-3-5-17(6-4-10)12-8-15-7-11(16-12)13(18)19-2/h7-10H,3-6,14H2,1-2H3. The quantitative estimate of drug-likeness (QED) is 0.814. The molecule has 1 unspecified atom stereocenters. The van der Waals surface area contributed by atoms with Gasteiger partial charge in [-0.05, 0) is 25.7 Å². The van der Waals surface area contributed by atoms with Gasteiger partial charge in [0.2, 0.25) is 0 Å². The van der Waals surface area contributed by atoms with Crippen LogP contribution in [-0.4, -0.2) is 42.2 Å². The Morgan fingerprint density at radius 2 is 2.16 bits per heavy atom. The molecule has 2 heterocycles. The number of anilines is 1. The highest BCUT2D eigenvalue weighted by Crippen LogP contribution is 2.23. The van der Waals surface area contributed by atoms with E-state index in [1.165, 1.54) is 13.3 Å². The van der Waals surface area contributed by atoms with Gasteiger partial charge in [0.15, 0.2) is 5.69 Å². The van der Waals surface area contributed by atoms with Crippen molar-refractivity contribution < 1.29 is 9.53 Å². The minimum atomic E-state index is -0.459. The van der Waals surface area contributed by atoms with E-state index in [-0.39, 0.29) is 11.7 Å². The fourth-order valence-electron chi connectivity index (χ4n) is 2.37. The van der Waals surface area contributed by atoms with Gasteiger partial charge >= 0.3 is 5.97 Å². The van der Waals surface area contributed by atoms with Crippen molar-refractivity contribution in [1.82, 2.24) is 9.97 Å². The number of nitrogens with two attached hydrogens (primary N) is 1. The monoisotopic (exact) mass is 264 g/mol. The summed E-state index contributed by atoms with van der Waals surface area (Å²) >= 11 is 0. The van der Waals surface area contributed by atoms with E-state index in [9.17, 15) is 4.79 Å². The maximum absolute atomic E-state index is 11.4. The first-order valence-electron chi connectivity index (χ1n) is 6.52. The van der Waals surface area contributed by atoms with E-state index in [4.69, 9.17) is 5.73 Å². The third kappa shape index (κ3) is 3.20. The Morgan fingerprint density at radius 3 is 2.74 bits per heavy atom. The average molecular weight is 264 g/mol. The number of methoxy groups -OCH3 is 1. The molecule has 1 aromatic rings. The highest BCUT2D eigenvalue weighted by atomic mass is 16.5. The minimum Gasteiger partial charge on any atom is -0.464 e. The zero-order valence-electron chi connectivity index (χ0n) is 11.4. The van der Waals surface area contributed by atoms with E-state index in [2.05, 4.69) is 26.5 Å². The number of rotatable bonds is 3. The fraction of sp³-hybridized carbons (Fsp3) is 0.615. The lowest BCUT2D eigenvalue weighted by Crippen LogP contribution is -2.40. The normalized spacial score (nSPS) is 18.2. The molecule has 2 N–H and O–H groups in total. The van der Waals surface area contributed by atoms with Crippen molar-refractivity contribution in [2.24, 2.45) is 11.7 Å². The van der Waals surface area contributed by atoms with Crippen LogP contribution in [0.2, 0.25) is 0 Å². The van der Waals surface area contributed by atoms with Gasteiger partial charge in [-0.3, -0.25) is 4.98 Å². The summed E-state index contributed by atoms with van der Waals surface area (Å²) in [6, 6.07) is 0.231. The minimum absolute atomic E-state index is 0.231. The van der Waals surface area contributed by atoms with Crippen LogP contribution in [0, 0.1) is 5.92 Å². The second kappa shape index (κ2) is 5.97. The third-order valence-corrected chi connectivity index (χ3v) is 3.62. The second-order valence-electron chi connectivity index (χ2n) is 4.94. The van der Waals surface area contributed by atoms with Crippen molar-refractivity contribution >= 4 is 11.8 Å². The molecule has 6 heteroatoms. The molecule has 1 aromatic heterocycles. The van der Waals surface area contributed by atoms with Gasteiger partial charge in [-0.1, -0.05) is 0 Å². The average Bonchev–Trinajstić information content (AvgIpc) is 2.46. The summed E-state index contributed by atoms with van der Waals surface area (Å²) in [5.41, 5.74) is 6.17. The van der Waals surface area contributed by atoms with E-state index >= 15 is 0 Å². The van der Waals surface area contributed by atoms with E-state index in [1.54, 1.807) is 6.20 Å². The van der Waals surface area contributed by atoms with Crippen LogP contribution in [0.1, 0.15) is 30.3 Å². The Hall–Kier alpha value is -1.69. The predicted octanol–water partition coefficient (Wildman–Crippen LogP) is 0.827. The summed E-state index contributed by atoms with van der Waals surface area (Å²) in [4.78, 5) is 21.9. The van der Waals surface area contributed by atoms with Gasteiger partial charge in [0.05, 0.1) is 19.5 Å². The molecule has 0 radical (unpaired) electrons. The summed E-state index contributed by atoms with van der Waals surface area (Å²) in [5, 5.41) is 0. The molecule has 1 aliphatic heterocycles. The molecule has 0 bridgehead atoms. The lowest BCUT2D eigenvalue weighted by atomic mass is 9.91. The van der Waals surface area contributed by atoms with Crippen molar-refractivity contribution in [1.29, 1.82) is 0 Å². The summed E-state index contributed by atoms with van der Waals surface area (Å²) in [7, 11) is 1.34. The lowest BCUT2D eigenvalue weighted by Gasteiger charge is -2.34. The number of carbonyl (C=O) groups is 1. The molecule has 19 heavy (non-hydrogen) atoms. The van der Waals surface area contributed by atoms with Crippen molar-refractivity contribution in [2.75, 3.05) is 25.1 Å². The maximum Gasteiger partial charge on any atom is 0.358 e. The highest BCUT2D eigenvalue weighted by Gasteiger charge is 2.23. The Kier molecular flexibility index (Phi) is 4.31. The molecular weight excluding hydrogens is 244 g/mol. The zero-order chi connectivity index (χ0) is 13.8. The number of ether oxygens (including phenoxy) is 1. The van der Waals surface area contributed by atoms with Gasteiger partial charge in [0.1, 0.15) is 5.82 Å². The molecule has 6 nitrogen and oxygen atoms in total. The van der Waals surface area contributed by atoms with Gasteiger partial charge in [-0.25, -0.2) is 9.78 Å². The van der Waals surface area contributed by atoms with Crippen LogP contribution in [0.5, 0.6) is 0 Å². The molecule has 0 aromatic carbocycles. The Labute approximate surface area is 113 Å². The van der Waals surface area contributed by atoms with Crippen molar-refractivity contribution in [3.63, 3.8) is 0 Å². The molecule has 1 fully saturated rings. The van der Waals surface area contributed by atoms with Gasteiger partial charge in [-0.15, -0.1) is 0 Å². The molecule has 2 rings (SSSR count). The van der Waals surface area contributed by atoms with Crippen molar-refractivity contribution in [2.45, 2.75) is 25.8 Å². The molecule has 0 spiro atoms. The molecule has 1 atom stereocenters. The third-order valence-electron chi connectivity index (χ3n) is 3.62. The smallest absolute Gasteiger partial charge is 0.358 e. The van der Waals surface area contributed by atoms with Crippen LogP contribution >= 0.6 is 0 Å². The number of aromatic nitrogens is 2. The first-order chi connectivity index (χ1) is 9.11. The van der Waals surface area contributed by atoms with Crippen LogP contribution in [0.15, 0.2) is 12.4 Å². The second-order valence-corrected chi connectivity index (χ2v) is 4.94. The number of nitrogens with zero attached hydrogens (tertiary/aromatic N) is 3. The van der Waals surface area contributed by atoms with Crippen LogP contribution in [0.3, 0.4) is 0 Å². The number of esters is 1. The Morgan fingerprint density at radius 1 is 1.47 bits per heavy atom. The number of carbonyl (C=O) groups excluding carboxylic acids is 1. The first kappa shape index (κ1) is 13.7. The molecule has 0 aliphatic carbocycles. The maximum atomic E-state index is 11.4. The van der Waals surface area contributed by atoms with Gasteiger partial charge in [0, 0.05) is 19.1 Å². The largest absolute Gasteiger partial charge is 0.464 e. The number of hydrogen-bond acceptors (Lipinski definition) is 6. The SMILES string of the molecule is COC(=O)c1cncc(N2CCC(C(C)N)CC2)n1. The van der Waals surface area contributed by atoms with Crippen LogP contribution < -0.4 is 10.6 Å². The van der Waals surface area contributed by atoms with E-state index in [0.29, 0.717) is 5.92 Å². The number of hydrogen-bond donors (Lipinski definition) is 1. The molecule has 104 valence electrons. The topological polar surface area (TPSA) is 81.3 Å². The molecule has 1 aliphatic rings. The van der Waals surface area contributed by atoms with Crippen LogP contribution in [0.4, 0.5) is 5.82 Å². The summed E-state index contributed by atoms with van der Waals surface area (Å²) in [6.07, 6.45) is 5.19. The van der Waals surface area contributed by atoms with E-state index in [1.807, 2.05) is 0 Å². The predicted molar refractivity (Wildman–Crippen MR) is 72.0 cm³/mol. The van der Waals surface area contributed by atoms with Gasteiger partial charge < -0.3 is 15.4 Å². The Balaban J connectivity index is 2.05. The molecule has 0 amide bonds. The van der Waals surface area contributed by atoms with Gasteiger partial charge in [-0.2, -0.15) is 0 Å². The number of piperidine rings is 1. The van der Waals surface area contributed by atoms with Crippen LogP contribution in [-0.2, 0) is 4.74 Å². The Bertz CT molecular complexity index is 442. The molecule has 0 saturated carbocycles. The molecular formula is C13H20N4O2. The first-order valence-corrected chi connectivity index (χ1v) is 6.52. The summed E-state index contributed by atoms with van der Waals surface area (Å²) in [6.45, 7) is 3.84. The van der Waals surface area contributed by atoms with Crippen molar-refractivity contribution in [3.05, 3.63) is 18.1 Å². The van der Waals surface area contributed by atoms with E-state index < -0.39 is 5.97 Å². The summed E-state index contributed by atoms with van der Waals surface area (Å²) in [5.74, 6) is 0.832. The van der Waals surface area contributed by atoms with Crippen molar-refractivity contribution in [3.8, 4) is 0 Å². The molecule has 1 saturated heterocycles. The zero-order valence-corrected chi connectivity index (χ0v) is 11.4. The van der Waals surface area contributed by atoms with E-state index in [0.717, 1.165) is 31.7 Å². The van der Waals surface area contributed by atoms with Crippen LogP contribution in [0.25, 0.3) is 0 Å². The van der Waals surface area contributed by atoms with Gasteiger partial charge in [0.25, 0.3) is 0 Å². The fourth-order valence-corrected chi connectivity index (χ4v) is 2.37. The summed E-state index contributed by atoms with van der Waals surface area (Å²) < 4.78 is 4.65. The highest BCUT2D eigenvalue weighted by molar-refractivity contribution is 5.87.